The lowest BCUT2D eigenvalue weighted by molar-refractivity contribution is -0.143. The first kappa shape index (κ1) is 20.9. The lowest BCUT2D eigenvalue weighted by Crippen LogP contribution is -2.45. The number of nitrogens with zero attached hydrogens (tertiary/aromatic N) is 3. The average molecular weight is 457 g/mol. The molecule has 1 aliphatic heterocycles. The molecule has 1 aromatic heterocycles. The molecule has 0 radical (unpaired) electrons. The third-order valence-corrected chi connectivity index (χ3v) is 3.67. The molecule has 0 aromatic carbocycles. The van der Waals surface area contributed by atoms with E-state index in [4.69, 9.17) is 0 Å². The number of nitrogens with one attached hydrogen (secondary N) is 2. The van der Waals surface area contributed by atoms with Gasteiger partial charge in [-0.05, 0) is 24.5 Å². The molecule has 5 nitrogen and oxygen atoms in total. The summed E-state index contributed by atoms with van der Waals surface area (Å²) in [7, 11) is 1.65. The van der Waals surface area contributed by atoms with Crippen LogP contribution in [0.5, 0.6) is 0 Å². The second-order valence-corrected chi connectivity index (χ2v) is 5.59. The molecule has 1 fully saturated rings. The van der Waals surface area contributed by atoms with Gasteiger partial charge in [-0.15, -0.1) is 24.0 Å². The normalized spacial score (nSPS) is 19.0. The van der Waals surface area contributed by atoms with Crippen LogP contribution in [0.25, 0.3) is 0 Å². The molecule has 0 amide bonds. The summed E-state index contributed by atoms with van der Waals surface area (Å²) >= 11 is 0. The van der Waals surface area contributed by atoms with Crippen molar-refractivity contribution in [2.75, 3.05) is 33.2 Å². The molecule has 2 rings (SSSR count). The topological polar surface area (TPSA) is 52.6 Å². The van der Waals surface area contributed by atoms with E-state index in [2.05, 4.69) is 20.6 Å². The Balaban J connectivity index is 0.00000288. The first-order valence-electron chi connectivity index (χ1n) is 7.61. The molecule has 0 spiro atoms. The van der Waals surface area contributed by atoms with E-state index in [1.54, 1.807) is 13.2 Å². The summed E-state index contributed by atoms with van der Waals surface area (Å²) in [6.45, 7) is 0.662. The highest BCUT2D eigenvalue weighted by Crippen LogP contribution is 2.19. The summed E-state index contributed by atoms with van der Waals surface area (Å²) < 4.78 is 37.2. The minimum absolute atomic E-state index is 0. The van der Waals surface area contributed by atoms with Gasteiger partial charge in [0.25, 0.3) is 0 Å². The molecule has 0 aliphatic carbocycles. The van der Waals surface area contributed by atoms with Crippen LogP contribution in [-0.4, -0.2) is 61.3 Å². The fourth-order valence-electron chi connectivity index (χ4n) is 2.61. The molecule has 1 saturated heterocycles. The second-order valence-electron chi connectivity index (χ2n) is 5.59. The van der Waals surface area contributed by atoms with E-state index in [1.807, 2.05) is 18.3 Å². The van der Waals surface area contributed by atoms with Crippen molar-refractivity contribution >= 4 is 29.9 Å². The lowest BCUT2D eigenvalue weighted by Gasteiger charge is -2.19. The number of guanidine groups is 1. The van der Waals surface area contributed by atoms with E-state index in [0.717, 1.165) is 12.0 Å². The largest absolute Gasteiger partial charge is 0.401 e. The number of pyridine rings is 1. The zero-order valence-electron chi connectivity index (χ0n) is 13.5. The number of aliphatic imine (C=N–C) groups is 1. The van der Waals surface area contributed by atoms with Gasteiger partial charge in [-0.2, -0.15) is 13.2 Å². The maximum Gasteiger partial charge on any atom is 0.401 e. The van der Waals surface area contributed by atoms with Crippen molar-refractivity contribution in [3.63, 3.8) is 0 Å². The van der Waals surface area contributed by atoms with E-state index in [-0.39, 0.29) is 30.0 Å². The number of alkyl halides is 3. The molecule has 1 unspecified atom stereocenters. The minimum atomic E-state index is -4.14. The smallest absolute Gasteiger partial charge is 0.356 e. The lowest BCUT2D eigenvalue weighted by atomic mass is 10.2. The minimum Gasteiger partial charge on any atom is -0.356 e. The third kappa shape index (κ3) is 7.65. The SMILES string of the molecule is CN=C(NCCc1cccnc1)NC1CCN(CC(F)(F)F)C1.I. The monoisotopic (exact) mass is 457 g/mol. The highest BCUT2D eigenvalue weighted by molar-refractivity contribution is 14.0. The molecule has 0 bridgehead atoms. The van der Waals surface area contributed by atoms with Crippen LogP contribution in [0.2, 0.25) is 0 Å². The van der Waals surface area contributed by atoms with Crippen molar-refractivity contribution in [2.45, 2.75) is 25.1 Å². The molecule has 2 heterocycles. The standard InChI is InChI=1S/C15H22F3N5.HI/c1-19-14(21-7-4-12-3-2-6-20-9-12)22-13-5-8-23(10-13)11-15(16,17)18;/h2-3,6,9,13H,4-5,7-8,10-11H2,1H3,(H2,19,21,22);1H. The number of halogens is 4. The quantitative estimate of drug-likeness (QED) is 0.404. The maximum atomic E-state index is 12.4. The first-order chi connectivity index (χ1) is 11.0. The molecule has 2 N–H and O–H groups in total. The van der Waals surface area contributed by atoms with Gasteiger partial charge in [0.1, 0.15) is 0 Å². The van der Waals surface area contributed by atoms with Crippen molar-refractivity contribution in [2.24, 2.45) is 4.99 Å². The van der Waals surface area contributed by atoms with Crippen molar-refractivity contribution in [1.29, 1.82) is 0 Å². The predicted molar refractivity (Wildman–Crippen MR) is 98.8 cm³/mol. The highest BCUT2D eigenvalue weighted by atomic mass is 127. The Labute approximate surface area is 157 Å². The molecule has 24 heavy (non-hydrogen) atoms. The van der Waals surface area contributed by atoms with Crippen LogP contribution >= 0.6 is 24.0 Å². The number of rotatable bonds is 5. The Bertz CT molecular complexity index is 510. The molecule has 0 saturated carbocycles. The Kier molecular flexibility index (Phi) is 8.74. The van der Waals surface area contributed by atoms with Crippen LogP contribution in [0.1, 0.15) is 12.0 Å². The molecule has 1 atom stereocenters. The van der Waals surface area contributed by atoms with E-state index in [0.29, 0.717) is 32.0 Å². The Morgan fingerprint density at radius 1 is 1.46 bits per heavy atom. The fourth-order valence-corrected chi connectivity index (χ4v) is 2.61. The molecular formula is C15H23F3IN5. The average Bonchev–Trinajstić information content (AvgIpc) is 2.92. The van der Waals surface area contributed by atoms with Crippen molar-refractivity contribution < 1.29 is 13.2 Å². The van der Waals surface area contributed by atoms with Crippen LogP contribution in [0.4, 0.5) is 13.2 Å². The van der Waals surface area contributed by atoms with Gasteiger partial charge >= 0.3 is 6.18 Å². The molecule has 1 aromatic rings. The second kappa shape index (κ2) is 10.0. The van der Waals surface area contributed by atoms with Crippen LogP contribution in [0.15, 0.2) is 29.5 Å². The summed E-state index contributed by atoms with van der Waals surface area (Å²) in [5.41, 5.74) is 1.12. The van der Waals surface area contributed by atoms with E-state index in [1.165, 1.54) is 4.90 Å². The van der Waals surface area contributed by atoms with Crippen molar-refractivity contribution in [3.05, 3.63) is 30.1 Å². The van der Waals surface area contributed by atoms with Gasteiger partial charge in [-0.3, -0.25) is 14.9 Å². The van der Waals surface area contributed by atoms with Crippen LogP contribution in [0, 0.1) is 0 Å². The number of hydrogen-bond donors (Lipinski definition) is 2. The van der Waals surface area contributed by atoms with Crippen LogP contribution < -0.4 is 10.6 Å². The molecule has 9 heteroatoms. The van der Waals surface area contributed by atoms with Gasteiger partial charge in [-0.25, -0.2) is 0 Å². The van der Waals surface area contributed by atoms with Gasteiger partial charge in [0, 0.05) is 45.1 Å². The number of aromatic nitrogens is 1. The summed E-state index contributed by atoms with van der Waals surface area (Å²) in [5, 5.41) is 6.36. The van der Waals surface area contributed by atoms with Crippen LogP contribution in [-0.2, 0) is 6.42 Å². The summed E-state index contributed by atoms with van der Waals surface area (Å²) in [6, 6.07) is 3.87. The first-order valence-corrected chi connectivity index (χ1v) is 7.61. The van der Waals surface area contributed by atoms with Crippen molar-refractivity contribution in [3.8, 4) is 0 Å². The Morgan fingerprint density at radius 2 is 2.25 bits per heavy atom. The van der Waals surface area contributed by atoms with Crippen molar-refractivity contribution in [1.82, 2.24) is 20.5 Å². The predicted octanol–water partition coefficient (Wildman–Crippen LogP) is 2.04. The number of likely N-dealkylation sites (tertiary alicyclic amines) is 1. The molecule has 136 valence electrons. The Morgan fingerprint density at radius 3 is 2.88 bits per heavy atom. The van der Waals surface area contributed by atoms with Gasteiger partial charge in [-0.1, -0.05) is 6.07 Å². The fraction of sp³-hybridized carbons (Fsp3) is 0.600. The van der Waals surface area contributed by atoms with Gasteiger partial charge in [0.2, 0.25) is 0 Å². The summed E-state index contributed by atoms with van der Waals surface area (Å²) in [5.74, 6) is 0.618. The van der Waals surface area contributed by atoms with E-state index >= 15 is 0 Å². The molecule has 1 aliphatic rings. The third-order valence-electron chi connectivity index (χ3n) is 3.67. The van der Waals surface area contributed by atoms with Gasteiger partial charge < -0.3 is 10.6 Å². The summed E-state index contributed by atoms with van der Waals surface area (Å²) in [4.78, 5) is 9.59. The van der Waals surface area contributed by atoms with Gasteiger partial charge in [0.15, 0.2) is 5.96 Å². The summed E-state index contributed by atoms with van der Waals surface area (Å²) in [6.07, 6.45) is 0.880. The zero-order valence-corrected chi connectivity index (χ0v) is 15.8. The van der Waals surface area contributed by atoms with Crippen LogP contribution in [0.3, 0.4) is 0 Å². The number of hydrogen-bond acceptors (Lipinski definition) is 3. The zero-order chi connectivity index (χ0) is 16.7. The Hall–Kier alpha value is -1.10. The van der Waals surface area contributed by atoms with E-state index in [9.17, 15) is 13.2 Å². The highest BCUT2D eigenvalue weighted by Gasteiger charge is 2.34. The van der Waals surface area contributed by atoms with E-state index < -0.39 is 12.7 Å². The maximum absolute atomic E-state index is 12.4. The van der Waals surface area contributed by atoms with Gasteiger partial charge in [0.05, 0.1) is 6.54 Å². The molecular weight excluding hydrogens is 434 g/mol.